The molecule has 5 aromatic rings. The molecule has 37 heavy (non-hydrogen) atoms. The highest BCUT2D eigenvalue weighted by Gasteiger charge is 2.33. The summed E-state index contributed by atoms with van der Waals surface area (Å²) in [5, 5.41) is 7.68. The topological polar surface area (TPSA) is 22.3 Å². The number of ether oxygens (including phenoxy) is 2. The summed E-state index contributed by atoms with van der Waals surface area (Å²) in [6.45, 7) is 8.57. The van der Waals surface area contributed by atoms with E-state index < -0.39 is 0 Å². The molecule has 3 nitrogen and oxygen atoms in total. The Morgan fingerprint density at radius 2 is 1.70 bits per heavy atom. The molecule has 1 saturated heterocycles. The molecule has 3 heterocycles. The monoisotopic (exact) mass is 488 g/mol. The number of nitrogens with zero attached hydrogens (tertiary/aromatic N) is 1. The molecule has 0 radical (unpaired) electrons. The number of aromatic nitrogens is 1. The van der Waals surface area contributed by atoms with E-state index in [4.69, 9.17) is 9.47 Å². The van der Waals surface area contributed by atoms with Crippen molar-refractivity contribution in [3.63, 3.8) is 0 Å². The molecule has 0 atom stereocenters. The highest BCUT2D eigenvalue weighted by molar-refractivity contribution is 6.16. The van der Waals surface area contributed by atoms with Crippen LogP contribution in [0.15, 0.2) is 60.8 Å². The molecule has 0 spiro atoms. The van der Waals surface area contributed by atoms with Crippen molar-refractivity contribution in [1.29, 1.82) is 0 Å². The van der Waals surface area contributed by atoms with Gasteiger partial charge in [0.1, 0.15) is 18.5 Å². The fourth-order valence-electron chi connectivity index (χ4n) is 6.72. The summed E-state index contributed by atoms with van der Waals surface area (Å²) < 4.78 is 14.9. The minimum Gasteiger partial charge on any atom is -0.455 e. The quantitative estimate of drug-likeness (QED) is 0.185. The van der Waals surface area contributed by atoms with Gasteiger partial charge in [-0.25, -0.2) is 4.57 Å². The number of fused-ring (bicyclic) bond motifs is 5. The summed E-state index contributed by atoms with van der Waals surface area (Å²) in [5.74, 6) is 3.12. The SMILES string of the molecule is Cc1c2c(c(CC(C)C)c3ccccc13)Oc1cc3cc(C4CCOCC4)ccc3c3cc[n+](C)c-2c13. The van der Waals surface area contributed by atoms with Crippen LogP contribution in [0.1, 0.15) is 49.3 Å². The molecule has 1 aromatic heterocycles. The van der Waals surface area contributed by atoms with Crippen LogP contribution in [-0.4, -0.2) is 13.2 Å². The molecule has 4 aromatic carbocycles. The molecular formula is C34H34NO2+. The fraction of sp³-hybridized carbons (Fsp3) is 0.324. The number of aryl methyl sites for hydroxylation is 2. The molecular weight excluding hydrogens is 454 g/mol. The first-order chi connectivity index (χ1) is 18.0. The Balaban J connectivity index is 1.54. The van der Waals surface area contributed by atoms with Gasteiger partial charge in [0.25, 0.3) is 0 Å². The van der Waals surface area contributed by atoms with E-state index in [1.165, 1.54) is 60.3 Å². The average molecular weight is 489 g/mol. The van der Waals surface area contributed by atoms with Crippen molar-refractivity contribution in [3.05, 3.63) is 77.5 Å². The van der Waals surface area contributed by atoms with Crippen molar-refractivity contribution >= 4 is 32.3 Å². The predicted molar refractivity (Wildman–Crippen MR) is 152 cm³/mol. The zero-order valence-corrected chi connectivity index (χ0v) is 22.2. The third kappa shape index (κ3) is 3.48. The molecule has 186 valence electrons. The van der Waals surface area contributed by atoms with E-state index in [1.807, 2.05) is 0 Å². The Kier molecular flexibility index (Phi) is 5.26. The van der Waals surface area contributed by atoms with Crippen LogP contribution in [-0.2, 0) is 18.2 Å². The van der Waals surface area contributed by atoms with Crippen molar-refractivity contribution in [2.24, 2.45) is 13.0 Å². The van der Waals surface area contributed by atoms with Gasteiger partial charge in [0.15, 0.2) is 6.20 Å². The number of pyridine rings is 1. The standard InChI is InChI=1S/C34H34NO2/c1-20(2)17-29-27-8-6-5-7-25(27)21(3)31-33-32-28(11-14-35(33)4)26-10-9-23(22-12-15-36-16-13-22)18-24(26)19-30(32)37-34(29)31/h5-11,14,18-20,22H,12-13,15-17H2,1-4H3/q+1. The molecule has 0 bridgehead atoms. The Morgan fingerprint density at radius 3 is 2.49 bits per heavy atom. The molecule has 7 rings (SSSR count). The molecule has 0 unspecified atom stereocenters. The molecule has 0 saturated carbocycles. The molecule has 1 fully saturated rings. The molecule has 3 heteroatoms. The first-order valence-electron chi connectivity index (χ1n) is 13.7. The first kappa shape index (κ1) is 22.7. The summed E-state index contributed by atoms with van der Waals surface area (Å²) in [7, 11) is 2.17. The minimum absolute atomic E-state index is 0.531. The van der Waals surface area contributed by atoms with Gasteiger partial charge in [0.05, 0.1) is 10.9 Å². The van der Waals surface area contributed by atoms with Gasteiger partial charge in [0.2, 0.25) is 5.69 Å². The van der Waals surface area contributed by atoms with Crippen LogP contribution in [0.5, 0.6) is 11.5 Å². The first-order valence-corrected chi connectivity index (χ1v) is 13.7. The normalized spacial score (nSPS) is 15.5. The van der Waals surface area contributed by atoms with Crippen molar-refractivity contribution in [2.45, 2.75) is 46.0 Å². The summed E-state index contributed by atoms with van der Waals surface area (Å²) in [5.41, 5.74) is 6.54. The largest absolute Gasteiger partial charge is 0.455 e. The zero-order chi connectivity index (χ0) is 25.3. The second kappa shape index (κ2) is 8.56. The van der Waals surface area contributed by atoms with E-state index in [9.17, 15) is 0 Å². The maximum atomic E-state index is 6.99. The lowest BCUT2D eigenvalue weighted by atomic mass is 9.85. The third-order valence-corrected chi connectivity index (χ3v) is 8.51. The fourth-order valence-corrected chi connectivity index (χ4v) is 6.72. The van der Waals surface area contributed by atoms with Crippen LogP contribution < -0.4 is 9.30 Å². The molecule has 0 amide bonds. The number of rotatable bonds is 3. The molecule has 0 N–H and O–H groups in total. The maximum absolute atomic E-state index is 6.99. The number of hydrogen-bond acceptors (Lipinski definition) is 2. The van der Waals surface area contributed by atoms with Crippen LogP contribution in [0.25, 0.3) is 43.6 Å². The summed E-state index contributed by atoms with van der Waals surface area (Å²) in [6, 6.07) is 20.5. The lowest BCUT2D eigenvalue weighted by Gasteiger charge is -2.26. The second-order valence-corrected chi connectivity index (χ2v) is 11.4. The van der Waals surface area contributed by atoms with Gasteiger partial charge in [-0.15, -0.1) is 0 Å². The predicted octanol–water partition coefficient (Wildman–Crippen LogP) is 8.14. The van der Waals surface area contributed by atoms with Gasteiger partial charge in [-0.05, 0) is 76.8 Å². The van der Waals surface area contributed by atoms with Gasteiger partial charge >= 0.3 is 0 Å². The molecule has 2 aliphatic rings. The smallest absolute Gasteiger partial charge is 0.228 e. The second-order valence-electron chi connectivity index (χ2n) is 11.4. The highest BCUT2D eigenvalue weighted by Crippen LogP contribution is 2.52. The number of hydrogen-bond donors (Lipinski definition) is 0. The van der Waals surface area contributed by atoms with Crippen molar-refractivity contribution in [2.75, 3.05) is 13.2 Å². The van der Waals surface area contributed by atoms with Gasteiger partial charge in [-0.2, -0.15) is 0 Å². The molecule has 0 aliphatic carbocycles. The molecule has 2 aliphatic heterocycles. The van der Waals surface area contributed by atoms with Crippen molar-refractivity contribution < 1.29 is 14.0 Å². The third-order valence-electron chi connectivity index (χ3n) is 8.51. The van der Waals surface area contributed by atoms with Gasteiger partial charge in [-0.3, -0.25) is 0 Å². The number of benzene rings is 4. The Morgan fingerprint density at radius 1 is 0.919 bits per heavy atom. The average Bonchev–Trinajstić information content (AvgIpc) is 2.92. The summed E-state index contributed by atoms with van der Waals surface area (Å²) >= 11 is 0. The zero-order valence-electron chi connectivity index (χ0n) is 22.2. The van der Waals surface area contributed by atoms with Crippen molar-refractivity contribution in [3.8, 4) is 22.8 Å². The van der Waals surface area contributed by atoms with E-state index in [2.05, 4.69) is 93.2 Å². The van der Waals surface area contributed by atoms with E-state index in [1.54, 1.807) is 0 Å². The summed E-state index contributed by atoms with van der Waals surface area (Å²) in [4.78, 5) is 0. The highest BCUT2D eigenvalue weighted by atomic mass is 16.5. The Bertz CT molecular complexity index is 1710. The van der Waals surface area contributed by atoms with Crippen LogP contribution in [0.4, 0.5) is 0 Å². The minimum atomic E-state index is 0.531. The van der Waals surface area contributed by atoms with Crippen LogP contribution in [0.3, 0.4) is 0 Å². The van der Waals surface area contributed by atoms with Gasteiger partial charge in [-0.1, -0.05) is 56.3 Å². The van der Waals surface area contributed by atoms with E-state index in [0.29, 0.717) is 11.8 Å². The maximum Gasteiger partial charge on any atom is 0.228 e. The summed E-state index contributed by atoms with van der Waals surface area (Å²) in [6.07, 6.45) is 5.40. The Labute approximate surface area is 218 Å². The van der Waals surface area contributed by atoms with Crippen LogP contribution >= 0.6 is 0 Å². The van der Waals surface area contributed by atoms with Gasteiger partial charge < -0.3 is 9.47 Å². The van der Waals surface area contributed by atoms with Crippen LogP contribution in [0.2, 0.25) is 0 Å². The lowest BCUT2D eigenvalue weighted by Crippen LogP contribution is -2.32. The Hall–Kier alpha value is -3.43. The van der Waals surface area contributed by atoms with Crippen LogP contribution in [0, 0.1) is 12.8 Å². The van der Waals surface area contributed by atoms with E-state index >= 15 is 0 Å². The van der Waals surface area contributed by atoms with Gasteiger partial charge in [0, 0.05) is 30.2 Å². The van der Waals surface area contributed by atoms with E-state index in [-0.39, 0.29) is 0 Å². The van der Waals surface area contributed by atoms with Crippen molar-refractivity contribution in [1.82, 2.24) is 0 Å². The van der Waals surface area contributed by atoms with E-state index in [0.717, 1.165) is 44.0 Å². The lowest BCUT2D eigenvalue weighted by molar-refractivity contribution is -0.659.